The minimum atomic E-state index is -0.329. The van der Waals surface area contributed by atoms with Crippen LogP contribution < -0.4 is 10.6 Å². The number of hydrogen-bond acceptors (Lipinski definition) is 4. The number of nitrogens with zero attached hydrogens (tertiary/aromatic N) is 1. The molecule has 158 valence electrons. The molecule has 3 aliphatic rings. The first-order valence-electron chi connectivity index (χ1n) is 10.7. The maximum Gasteiger partial charge on any atom is 0.253 e. The van der Waals surface area contributed by atoms with Crippen LogP contribution in [0.4, 0.5) is 5.69 Å². The van der Waals surface area contributed by atoms with Crippen molar-refractivity contribution in [2.24, 2.45) is 11.8 Å². The Labute approximate surface area is 175 Å². The Morgan fingerprint density at radius 2 is 1.60 bits per heavy atom. The van der Waals surface area contributed by atoms with Crippen molar-refractivity contribution >= 4 is 29.3 Å². The van der Waals surface area contributed by atoms with Gasteiger partial charge in [-0.25, -0.2) is 0 Å². The van der Waals surface area contributed by atoms with Crippen molar-refractivity contribution in [1.82, 2.24) is 10.2 Å². The Kier molecular flexibility index (Phi) is 5.97. The van der Waals surface area contributed by atoms with Crippen LogP contribution in [0.2, 0.25) is 0 Å². The predicted octanol–water partition coefficient (Wildman–Crippen LogP) is 2.64. The molecular formula is C23H27N3O4. The van der Waals surface area contributed by atoms with E-state index >= 15 is 0 Å². The molecule has 7 nitrogen and oxygen atoms in total. The summed E-state index contributed by atoms with van der Waals surface area (Å²) in [5.41, 5.74) is 0.859. The largest absolute Gasteiger partial charge is 0.349 e. The van der Waals surface area contributed by atoms with Crippen LogP contribution in [0, 0.1) is 11.8 Å². The van der Waals surface area contributed by atoms with Crippen molar-refractivity contribution in [3.05, 3.63) is 42.0 Å². The van der Waals surface area contributed by atoms with E-state index in [0.29, 0.717) is 24.1 Å². The van der Waals surface area contributed by atoms with E-state index in [9.17, 15) is 19.2 Å². The minimum Gasteiger partial charge on any atom is -0.349 e. The second-order valence-corrected chi connectivity index (χ2v) is 8.28. The first-order chi connectivity index (χ1) is 14.5. The second kappa shape index (κ2) is 8.81. The summed E-state index contributed by atoms with van der Waals surface area (Å²) in [4.78, 5) is 51.4. The zero-order chi connectivity index (χ0) is 21.1. The fourth-order valence-corrected chi connectivity index (χ4v) is 4.64. The molecule has 0 bridgehead atoms. The number of likely N-dealkylation sites (tertiary alicyclic amines) is 1. The van der Waals surface area contributed by atoms with Gasteiger partial charge in [-0.3, -0.25) is 24.1 Å². The van der Waals surface area contributed by atoms with Gasteiger partial charge in [0.1, 0.15) is 0 Å². The summed E-state index contributed by atoms with van der Waals surface area (Å²) in [6.07, 6.45) is 9.26. The number of amides is 4. The number of rotatable bonds is 6. The number of anilines is 1. The molecule has 4 rings (SSSR count). The summed E-state index contributed by atoms with van der Waals surface area (Å²) >= 11 is 0. The molecule has 2 N–H and O–H groups in total. The van der Waals surface area contributed by atoms with Gasteiger partial charge in [0.2, 0.25) is 17.7 Å². The van der Waals surface area contributed by atoms with Gasteiger partial charge in [-0.1, -0.05) is 37.1 Å². The van der Waals surface area contributed by atoms with Crippen LogP contribution in [0.25, 0.3) is 0 Å². The monoisotopic (exact) mass is 409 g/mol. The van der Waals surface area contributed by atoms with Gasteiger partial charge in [0.25, 0.3) is 5.91 Å². The molecule has 0 radical (unpaired) electrons. The maximum absolute atomic E-state index is 12.6. The molecule has 7 heteroatoms. The first-order valence-corrected chi connectivity index (χ1v) is 10.7. The van der Waals surface area contributed by atoms with Crippen LogP contribution >= 0.6 is 0 Å². The molecule has 4 amide bonds. The Morgan fingerprint density at radius 3 is 2.27 bits per heavy atom. The van der Waals surface area contributed by atoms with Gasteiger partial charge in [0, 0.05) is 19.0 Å². The van der Waals surface area contributed by atoms with Gasteiger partial charge < -0.3 is 10.6 Å². The van der Waals surface area contributed by atoms with Gasteiger partial charge >= 0.3 is 0 Å². The second-order valence-electron chi connectivity index (χ2n) is 8.28. The van der Waals surface area contributed by atoms with Crippen molar-refractivity contribution in [2.75, 3.05) is 11.9 Å². The molecule has 1 saturated heterocycles. The molecule has 0 spiro atoms. The van der Waals surface area contributed by atoms with E-state index in [1.807, 2.05) is 12.2 Å². The van der Waals surface area contributed by atoms with Crippen molar-refractivity contribution < 1.29 is 19.2 Å². The van der Waals surface area contributed by atoms with Gasteiger partial charge in [-0.05, 0) is 37.8 Å². The Bertz CT molecular complexity index is 862. The van der Waals surface area contributed by atoms with Crippen LogP contribution in [-0.2, 0) is 14.4 Å². The lowest BCUT2D eigenvalue weighted by Gasteiger charge is -2.16. The number of allylic oxidation sites excluding steroid dienone is 2. The number of nitrogens with one attached hydrogen (secondary N) is 2. The van der Waals surface area contributed by atoms with E-state index in [-0.39, 0.29) is 54.5 Å². The van der Waals surface area contributed by atoms with E-state index in [1.54, 1.807) is 24.3 Å². The maximum atomic E-state index is 12.6. The summed E-state index contributed by atoms with van der Waals surface area (Å²) in [6.45, 7) is 0.0624. The lowest BCUT2D eigenvalue weighted by atomic mass is 9.85. The van der Waals surface area contributed by atoms with E-state index in [2.05, 4.69) is 10.6 Å². The van der Waals surface area contributed by atoms with Crippen LogP contribution in [0.1, 0.15) is 55.3 Å². The normalized spacial score (nSPS) is 23.5. The Balaban J connectivity index is 1.35. The molecule has 1 heterocycles. The molecule has 30 heavy (non-hydrogen) atoms. The van der Waals surface area contributed by atoms with E-state index in [1.165, 1.54) is 4.90 Å². The van der Waals surface area contributed by atoms with Crippen LogP contribution in [0.3, 0.4) is 0 Å². The molecule has 2 fully saturated rings. The molecule has 1 aromatic carbocycles. The third-order valence-electron chi connectivity index (χ3n) is 6.30. The number of para-hydroxylation sites is 1. The highest BCUT2D eigenvalue weighted by Gasteiger charge is 2.46. The fraction of sp³-hybridized carbons (Fsp3) is 0.478. The van der Waals surface area contributed by atoms with E-state index in [4.69, 9.17) is 0 Å². The highest BCUT2D eigenvalue weighted by molar-refractivity contribution is 6.06. The van der Waals surface area contributed by atoms with E-state index < -0.39 is 0 Å². The van der Waals surface area contributed by atoms with Crippen molar-refractivity contribution in [1.29, 1.82) is 0 Å². The highest BCUT2D eigenvalue weighted by Crippen LogP contribution is 2.35. The zero-order valence-corrected chi connectivity index (χ0v) is 16.9. The molecule has 1 saturated carbocycles. The highest BCUT2D eigenvalue weighted by atomic mass is 16.2. The molecular weight excluding hydrogens is 382 g/mol. The summed E-state index contributed by atoms with van der Waals surface area (Å²) in [5, 5.41) is 5.80. The number of carbonyl (C=O) groups excluding carboxylic acids is 4. The zero-order valence-electron chi connectivity index (χ0n) is 16.9. The SMILES string of the molecule is O=C(CCN1C(=O)[C@H]2CC=CC[C@@H]2C1=O)Nc1ccccc1C(=O)NC1CCCC1. The van der Waals surface area contributed by atoms with Crippen LogP contribution in [-0.4, -0.2) is 41.1 Å². The Morgan fingerprint density at radius 1 is 0.967 bits per heavy atom. The summed E-state index contributed by atoms with van der Waals surface area (Å²) < 4.78 is 0. The van der Waals surface area contributed by atoms with Gasteiger partial charge in [0.15, 0.2) is 0 Å². The quantitative estimate of drug-likeness (QED) is 0.558. The molecule has 2 atom stereocenters. The third kappa shape index (κ3) is 4.15. The van der Waals surface area contributed by atoms with E-state index in [0.717, 1.165) is 25.7 Å². The average molecular weight is 409 g/mol. The number of carbonyl (C=O) groups is 4. The lowest BCUT2D eigenvalue weighted by Crippen LogP contribution is -2.35. The van der Waals surface area contributed by atoms with Crippen molar-refractivity contribution in [2.45, 2.75) is 51.0 Å². The van der Waals surface area contributed by atoms with Crippen LogP contribution in [0.15, 0.2) is 36.4 Å². The molecule has 1 aromatic rings. The molecule has 2 aliphatic carbocycles. The van der Waals surface area contributed by atoms with Gasteiger partial charge in [-0.15, -0.1) is 0 Å². The summed E-state index contributed by atoms with van der Waals surface area (Å²) in [7, 11) is 0. The van der Waals surface area contributed by atoms with Gasteiger partial charge in [-0.2, -0.15) is 0 Å². The molecule has 0 aromatic heterocycles. The standard InChI is InChI=1S/C23H27N3O4/c27-20(13-14-26-22(29)16-9-3-4-10-17(16)23(26)30)25-19-12-6-5-11-18(19)21(28)24-15-7-1-2-8-15/h3-6,11-12,15-17H,1-2,7-10,13-14H2,(H,24,28)(H,25,27)/t16-,17-/m0/s1. The van der Waals surface area contributed by atoms with Crippen LogP contribution in [0.5, 0.6) is 0 Å². The number of hydrogen-bond donors (Lipinski definition) is 2. The smallest absolute Gasteiger partial charge is 0.253 e. The topological polar surface area (TPSA) is 95.6 Å². The average Bonchev–Trinajstić information content (AvgIpc) is 3.34. The third-order valence-corrected chi connectivity index (χ3v) is 6.30. The molecule has 0 unspecified atom stereocenters. The predicted molar refractivity (Wildman–Crippen MR) is 111 cm³/mol. The lowest BCUT2D eigenvalue weighted by molar-refractivity contribution is -0.140. The minimum absolute atomic E-state index is 0.00290. The molecule has 1 aliphatic heterocycles. The first kappa shape index (κ1) is 20.3. The summed E-state index contributed by atoms with van der Waals surface area (Å²) in [5.74, 6) is -1.46. The fourth-order valence-electron chi connectivity index (χ4n) is 4.64. The van der Waals surface area contributed by atoms with Gasteiger partial charge in [0.05, 0.1) is 23.1 Å². The Hall–Kier alpha value is -2.96. The van der Waals surface area contributed by atoms with Crippen molar-refractivity contribution in [3.8, 4) is 0 Å². The number of imide groups is 1. The number of benzene rings is 1. The number of fused-ring (bicyclic) bond motifs is 1. The van der Waals surface area contributed by atoms with Crippen molar-refractivity contribution in [3.63, 3.8) is 0 Å². The summed E-state index contributed by atoms with van der Waals surface area (Å²) in [6, 6.07) is 7.08.